The van der Waals surface area contributed by atoms with Crippen LogP contribution in [0, 0.1) is 11.2 Å². The molecule has 0 fully saturated rings. The van der Waals surface area contributed by atoms with Crippen LogP contribution in [0.1, 0.15) is 31.1 Å². The van der Waals surface area contributed by atoms with Gasteiger partial charge in [0, 0.05) is 11.5 Å². The highest BCUT2D eigenvalue weighted by molar-refractivity contribution is 6.03. The van der Waals surface area contributed by atoms with Crippen LogP contribution >= 0.6 is 0 Å². The Bertz CT molecular complexity index is 581. The van der Waals surface area contributed by atoms with Gasteiger partial charge in [0.15, 0.2) is 5.78 Å². The summed E-state index contributed by atoms with van der Waals surface area (Å²) < 4.78 is 19.2. The average molecular weight is 281 g/mol. The first-order chi connectivity index (χ1) is 9.24. The molecule has 1 unspecified atom stereocenters. The third-order valence-electron chi connectivity index (χ3n) is 2.89. The third-order valence-corrected chi connectivity index (χ3v) is 2.89. The van der Waals surface area contributed by atoms with Crippen molar-refractivity contribution in [3.05, 3.63) is 23.5 Å². The number of carbonyl (C=O) groups is 2. The SMILES string of the molecule is CC(C)(C)C(=O)c1cc2c(cc1F)OC(NN)C(=O)N2. The van der Waals surface area contributed by atoms with E-state index in [0.29, 0.717) is 0 Å². The number of ketones is 1. The third kappa shape index (κ3) is 2.50. The Morgan fingerprint density at radius 1 is 1.45 bits per heavy atom. The van der Waals surface area contributed by atoms with Crippen LogP contribution < -0.4 is 21.3 Å². The van der Waals surface area contributed by atoms with Gasteiger partial charge >= 0.3 is 0 Å². The van der Waals surface area contributed by atoms with E-state index in [0.717, 1.165) is 6.07 Å². The molecule has 0 saturated heterocycles. The van der Waals surface area contributed by atoms with E-state index < -0.39 is 23.4 Å². The van der Waals surface area contributed by atoms with Crippen LogP contribution in [0.5, 0.6) is 5.75 Å². The molecule has 1 aromatic rings. The van der Waals surface area contributed by atoms with E-state index in [2.05, 4.69) is 10.7 Å². The second-order valence-corrected chi connectivity index (χ2v) is 5.56. The summed E-state index contributed by atoms with van der Waals surface area (Å²) in [5, 5.41) is 2.51. The number of benzene rings is 1. The zero-order valence-corrected chi connectivity index (χ0v) is 11.4. The predicted molar refractivity (Wildman–Crippen MR) is 70.6 cm³/mol. The van der Waals surface area contributed by atoms with E-state index in [1.807, 2.05) is 0 Å². The second-order valence-electron chi connectivity index (χ2n) is 5.56. The Morgan fingerprint density at radius 3 is 2.65 bits per heavy atom. The first-order valence-corrected chi connectivity index (χ1v) is 6.06. The van der Waals surface area contributed by atoms with Gasteiger partial charge in [0.1, 0.15) is 11.6 Å². The molecule has 0 aromatic heterocycles. The Balaban J connectivity index is 2.44. The molecule has 0 saturated carbocycles. The Kier molecular flexibility index (Phi) is 3.49. The number of hydrogen-bond donors (Lipinski definition) is 3. The number of nitrogens with one attached hydrogen (secondary N) is 2. The van der Waals surface area contributed by atoms with Crippen LogP contribution in [0.3, 0.4) is 0 Å². The lowest BCUT2D eigenvalue weighted by atomic mass is 9.86. The smallest absolute Gasteiger partial charge is 0.282 e. The molecule has 1 aliphatic rings. The summed E-state index contributed by atoms with van der Waals surface area (Å²) in [6.45, 7) is 5.08. The molecule has 6 nitrogen and oxygen atoms in total. The van der Waals surface area contributed by atoms with Gasteiger partial charge in [0.05, 0.1) is 11.3 Å². The minimum atomic E-state index is -1.09. The molecule has 20 heavy (non-hydrogen) atoms. The summed E-state index contributed by atoms with van der Waals surface area (Å²) in [6.07, 6.45) is -1.09. The van der Waals surface area contributed by atoms with Gasteiger partial charge in [-0.1, -0.05) is 20.8 Å². The number of halogens is 1. The van der Waals surface area contributed by atoms with Gasteiger partial charge in [0.25, 0.3) is 5.91 Å². The highest BCUT2D eigenvalue weighted by Crippen LogP contribution is 2.34. The predicted octanol–water partition coefficient (Wildman–Crippen LogP) is 1.17. The van der Waals surface area contributed by atoms with Gasteiger partial charge in [0.2, 0.25) is 6.23 Å². The van der Waals surface area contributed by atoms with Gasteiger partial charge in [-0.05, 0) is 6.07 Å². The van der Waals surface area contributed by atoms with Crippen LogP contribution in [0.15, 0.2) is 12.1 Å². The van der Waals surface area contributed by atoms with Gasteiger partial charge in [-0.15, -0.1) is 0 Å². The van der Waals surface area contributed by atoms with Crippen molar-refractivity contribution < 1.29 is 18.7 Å². The highest BCUT2D eigenvalue weighted by Gasteiger charge is 2.31. The molecular formula is C13H16FN3O3. The Morgan fingerprint density at radius 2 is 2.10 bits per heavy atom. The van der Waals surface area contributed by atoms with Crippen LogP contribution in [0.25, 0.3) is 0 Å². The molecule has 0 radical (unpaired) electrons. The van der Waals surface area contributed by atoms with E-state index in [-0.39, 0.29) is 22.8 Å². The Labute approximate surface area is 115 Å². The van der Waals surface area contributed by atoms with Crippen molar-refractivity contribution in [1.29, 1.82) is 0 Å². The zero-order valence-electron chi connectivity index (χ0n) is 11.4. The van der Waals surface area contributed by atoms with Crippen molar-refractivity contribution >= 4 is 17.4 Å². The summed E-state index contributed by atoms with van der Waals surface area (Å²) in [7, 11) is 0. The van der Waals surface area contributed by atoms with E-state index in [4.69, 9.17) is 10.6 Å². The number of rotatable bonds is 2. The molecule has 7 heteroatoms. The molecule has 4 N–H and O–H groups in total. The molecule has 0 bridgehead atoms. The number of anilines is 1. The van der Waals surface area contributed by atoms with E-state index in [1.54, 1.807) is 20.8 Å². The van der Waals surface area contributed by atoms with Gasteiger partial charge in [-0.3, -0.25) is 15.4 Å². The summed E-state index contributed by atoms with van der Waals surface area (Å²) in [6, 6.07) is 2.35. The number of ether oxygens (including phenoxy) is 1. The lowest BCUT2D eigenvalue weighted by molar-refractivity contribution is -0.124. The lowest BCUT2D eigenvalue weighted by Crippen LogP contribution is -2.50. The van der Waals surface area contributed by atoms with E-state index >= 15 is 0 Å². The van der Waals surface area contributed by atoms with E-state index in [9.17, 15) is 14.0 Å². The number of hydrogen-bond acceptors (Lipinski definition) is 5. The Hall–Kier alpha value is -1.99. The minimum Gasteiger partial charge on any atom is -0.462 e. The summed E-state index contributed by atoms with van der Waals surface area (Å²) in [5.74, 6) is 3.69. The maximum atomic E-state index is 14.0. The molecule has 0 aliphatic carbocycles. The summed E-state index contributed by atoms with van der Waals surface area (Å²) >= 11 is 0. The number of hydrazine groups is 1. The van der Waals surface area contributed by atoms with Crippen molar-refractivity contribution in [2.75, 3.05) is 5.32 Å². The summed E-state index contributed by atoms with van der Waals surface area (Å²) in [4.78, 5) is 23.7. The van der Waals surface area contributed by atoms with E-state index in [1.165, 1.54) is 6.07 Å². The summed E-state index contributed by atoms with van der Waals surface area (Å²) in [5.41, 5.74) is 1.59. The first-order valence-electron chi connectivity index (χ1n) is 6.06. The lowest BCUT2D eigenvalue weighted by Gasteiger charge is -2.26. The fourth-order valence-corrected chi connectivity index (χ4v) is 1.82. The van der Waals surface area contributed by atoms with Crippen molar-refractivity contribution in [3.63, 3.8) is 0 Å². The standard InChI is InChI=1S/C13H16FN3O3/c1-13(2,3)10(18)6-4-8-9(5-7(6)14)20-12(17-15)11(19)16-8/h4-5,12,17H,15H2,1-3H3,(H,16,19). The fourth-order valence-electron chi connectivity index (χ4n) is 1.82. The number of amides is 1. The maximum Gasteiger partial charge on any atom is 0.282 e. The molecule has 1 amide bonds. The van der Waals surface area contributed by atoms with Crippen LogP contribution in [0.4, 0.5) is 10.1 Å². The maximum absolute atomic E-state index is 14.0. The van der Waals surface area contributed by atoms with Gasteiger partial charge < -0.3 is 10.1 Å². The molecule has 1 aliphatic heterocycles. The number of nitrogens with two attached hydrogens (primary N) is 1. The molecule has 1 heterocycles. The largest absolute Gasteiger partial charge is 0.462 e. The van der Waals surface area contributed by atoms with Crippen molar-refractivity contribution in [2.24, 2.45) is 11.3 Å². The molecule has 0 spiro atoms. The van der Waals surface area contributed by atoms with Crippen molar-refractivity contribution in [1.82, 2.24) is 5.43 Å². The molecule has 108 valence electrons. The van der Waals surface area contributed by atoms with Crippen molar-refractivity contribution in [3.8, 4) is 5.75 Å². The monoisotopic (exact) mass is 281 g/mol. The molecule has 1 aromatic carbocycles. The van der Waals surface area contributed by atoms with Crippen LogP contribution in [0.2, 0.25) is 0 Å². The van der Waals surface area contributed by atoms with Gasteiger partial charge in [-0.2, -0.15) is 0 Å². The normalized spacial score (nSPS) is 18.1. The average Bonchev–Trinajstić information content (AvgIpc) is 2.36. The van der Waals surface area contributed by atoms with Crippen LogP contribution in [-0.4, -0.2) is 17.9 Å². The fraction of sp³-hybridized carbons (Fsp3) is 0.385. The quantitative estimate of drug-likeness (QED) is 0.430. The zero-order chi connectivity index (χ0) is 15.1. The van der Waals surface area contributed by atoms with Crippen molar-refractivity contribution in [2.45, 2.75) is 27.0 Å². The number of fused-ring (bicyclic) bond motifs is 1. The number of carbonyl (C=O) groups excluding carboxylic acids is 2. The highest BCUT2D eigenvalue weighted by atomic mass is 19.1. The first kappa shape index (κ1) is 14.4. The van der Waals surface area contributed by atoms with Gasteiger partial charge in [-0.25, -0.2) is 9.82 Å². The molecular weight excluding hydrogens is 265 g/mol. The number of Topliss-reactive ketones (excluding diaryl/α,β-unsaturated/α-hetero) is 1. The minimum absolute atomic E-state index is 0.0840. The molecule has 1 atom stereocenters. The molecule has 2 rings (SSSR count). The second kappa shape index (κ2) is 4.84. The van der Waals surface area contributed by atoms with Crippen LogP contribution in [-0.2, 0) is 4.79 Å². The topological polar surface area (TPSA) is 93.4 Å².